The molecule has 1 saturated heterocycles. The molecule has 4 nitrogen and oxygen atoms in total. The van der Waals surface area contributed by atoms with E-state index in [0.717, 1.165) is 31.7 Å². The van der Waals surface area contributed by atoms with Crippen LogP contribution in [0.4, 0.5) is 4.79 Å². The molecule has 1 saturated carbocycles. The van der Waals surface area contributed by atoms with Gasteiger partial charge >= 0.3 is 6.09 Å². The molecule has 0 aromatic rings. The number of likely N-dealkylation sites (tertiary alicyclic amines) is 1. The molecule has 0 spiro atoms. The summed E-state index contributed by atoms with van der Waals surface area (Å²) in [6, 6.07) is 1.52. The van der Waals surface area contributed by atoms with Crippen molar-refractivity contribution < 1.29 is 9.53 Å². The number of carbonyl (C=O) groups is 1. The van der Waals surface area contributed by atoms with E-state index in [-0.39, 0.29) is 6.09 Å². The molecule has 0 aromatic heterocycles. The van der Waals surface area contributed by atoms with Crippen molar-refractivity contribution in [3.05, 3.63) is 0 Å². The smallest absolute Gasteiger partial charge is 0.410 e. The molecular weight excluding hydrogens is 264 g/mol. The summed E-state index contributed by atoms with van der Waals surface area (Å²) in [7, 11) is 0. The van der Waals surface area contributed by atoms with Crippen molar-refractivity contribution in [1.29, 1.82) is 0 Å². The van der Waals surface area contributed by atoms with Crippen molar-refractivity contribution in [3.63, 3.8) is 0 Å². The number of nitrogens with one attached hydrogen (secondary N) is 1. The highest BCUT2D eigenvalue weighted by molar-refractivity contribution is 5.68. The van der Waals surface area contributed by atoms with Crippen molar-refractivity contribution >= 4 is 6.09 Å². The number of nitrogens with zero attached hydrogens (tertiary/aromatic N) is 1. The van der Waals surface area contributed by atoms with E-state index in [1.807, 2.05) is 25.7 Å². The SMILES string of the molecule is CCC1CC1NC(C)CC1CCCN1C(=O)OC(C)(C)C. The molecule has 1 heterocycles. The lowest BCUT2D eigenvalue weighted by molar-refractivity contribution is 0.0214. The predicted molar refractivity (Wildman–Crippen MR) is 85.4 cm³/mol. The van der Waals surface area contributed by atoms with Crippen LogP contribution in [-0.4, -0.2) is 41.3 Å². The summed E-state index contributed by atoms with van der Waals surface area (Å²) in [6.07, 6.45) is 5.69. The fraction of sp³-hybridized carbons (Fsp3) is 0.941. The normalized spacial score (nSPS) is 30.3. The number of carbonyl (C=O) groups excluding carboxylic acids is 1. The highest BCUT2D eigenvalue weighted by Crippen LogP contribution is 2.34. The van der Waals surface area contributed by atoms with E-state index in [4.69, 9.17) is 4.74 Å². The van der Waals surface area contributed by atoms with Gasteiger partial charge in [-0.3, -0.25) is 0 Å². The molecule has 0 radical (unpaired) electrons. The van der Waals surface area contributed by atoms with Gasteiger partial charge in [0.15, 0.2) is 0 Å². The van der Waals surface area contributed by atoms with Crippen LogP contribution in [0.1, 0.15) is 66.7 Å². The van der Waals surface area contributed by atoms with Crippen molar-refractivity contribution in [2.75, 3.05) is 6.54 Å². The van der Waals surface area contributed by atoms with Crippen LogP contribution in [0.2, 0.25) is 0 Å². The lowest BCUT2D eigenvalue weighted by Crippen LogP contribution is -2.43. The minimum Gasteiger partial charge on any atom is -0.444 e. The molecule has 1 aliphatic heterocycles. The average molecular weight is 296 g/mol. The molecule has 2 rings (SSSR count). The van der Waals surface area contributed by atoms with Crippen LogP contribution in [0.3, 0.4) is 0 Å². The summed E-state index contributed by atoms with van der Waals surface area (Å²) in [4.78, 5) is 14.2. The number of hydrogen-bond donors (Lipinski definition) is 1. The van der Waals surface area contributed by atoms with Crippen molar-refractivity contribution in [2.45, 2.75) is 90.4 Å². The van der Waals surface area contributed by atoms with E-state index in [9.17, 15) is 4.79 Å². The first kappa shape index (κ1) is 16.6. The van der Waals surface area contributed by atoms with Crippen molar-refractivity contribution in [2.24, 2.45) is 5.92 Å². The van der Waals surface area contributed by atoms with Gasteiger partial charge in [-0.1, -0.05) is 13.3 Å². The minimum absolute atomic E-state index is 0.143. The molecular formula is C17H32N2O2. The lowest BCUT2D eigenvalue weighted by atomic mass is 10.1. The Morgan fingerprint density at radius 2 is 2.14 bits per heavy atom. The van der Waals surface area contributed by atoms with Crippen molar-refractivity contribution in [3.8, 4) is 0 Å². The average Bonchev–Trinajstić information content (AvgIpc) is 2.92. The van der Waals surface area contributed by atoms with Gasteiger partial charge in [-0.05, 0) is 59.3 Å². The molecule has 2 fully saturated rings. The second kappa shape index (κ2) is 6.55. The number of amides is 1. The molecule has 4 unspecified atom stereocenters. The highest BCUT2D eigenvalue weighted by Gasteiger charge is 2.37. The zero-order valence-corrected chi connectivity index (χ0v) is 14.3. The lowest BCUT2D eigenvalue weighted by Gasteiger charge is -2.30. The van der Waals surface area contributed by atoms with Crippen molar-refractivity contribution in [1.82, 2.24) is 10.2 Å². The first-order chi connectivity index (χ1) is 9.80. The molecule has 122 valence electrons. The second-order valence-electron chi connectivity index (χ2n) is 7.78. The molecule has 4 heteroatoms. The molecule has 0 aromatic carbocycles. The predicted octanol–water partition coefficient (Wildman–Crippen LogP) is 3.55. The first-order valence-electron chi connectivity index (χ1n) is 8.56. The second-order valence-corrected chi connectivity index (χ2v) is 7.78. The zero-order chi connectivity index (χ0) is 15.6. The Hall–Kier alpha value is -0.770. The van der Waals surface area contributed by atoms with Crippen LogP contribution in [0.25, 0.3) is 0 Å². The molecule has 0 bridgehead atoms. The molecule has 4 atom stereocenters. The number of hydrogen-bond acceptors (Lipinski definition) is 3. The summed E-state index contributed by atoms with van der Waals surface area (Å²) < 4.78 is 5.53. The third kappa shape index (κ3) is 4.87. The van der Waals surface area contributed by atoms with E-state index in [2.05, 4.69) is 19.2 Å². The molecule has 2 aliphatic rings. The van der Waals surface area contributed by atoms with E-state index in [1.54, 1.807) is 0 Å². The third-order valence-electron chi connectivity index (χ3n) is 4.58. The summed E-state index contributed by atoms with van der Waals surface area (Å²) in [5, 5.41) is 3.71. The van der Waals surface area contributed by atoms with Gasteiger partial charge in [-0.2, -0.15) is 0 Å². The van der Waals surface area contributed by atoms with Crippen LogP contribution >= 0.6 is 0 Å². The maximum Gasteiger partial charge on any atom is 0.410 e. The Morgan fingerprint density at radius 3 is 2.71 bits per heavy atom. The Morgan fingerprint density at radius 1 is 1.43 bits per heavy atom. The fourth-order valence-electron chi connectivity index (χ4n) is 3.39. The Labute approximate surface area is 129 Å². The third-order valence-corrected chi connectivity index (χ3v) is 4.58. The van der Waals surface area contributed by atoms with Gasteiger partial charge in [-0.25, -0.2) is 4.79 Å². The largest absolute Gasteiger partial charge is 0.444 e. The van der Waals surface area contributed by atoms with Gasteiger partial charge in [-0.15, -0.1) is 0 Å². The molecule has 1 amide bonds. The van der Waals surface area contributed by atoms with E-state index in [0.29, 0.717) is 18.1 Å². The topological polar surface area (TPSA) is 41.6 Å². The number of rotatable bonds is 5. The van der Waals surface area contributed by atoms with Crippen LogP contribution < -0.4 is 5.32 Å². The summed E-state index contributed by atoms with van der Waals surface area (Å²) in [6.45, 7) is 11.1. The summed E-state index contributed by atoms with van der Waals surface area (Å²) >= 11 is 0. The van der Waals surface area contributed by atoms with E-state index in [1.165, 1.54) is 12.8 Å². The monoisotopic (exact) mass is 296 g/mol. The minimum atomic E-state index is -0.406. The molecule has 1 N–H and O–H groups in total. The Balaban J connectivity index is 1.80. The molecule has 1 aliphatic carbocycles. The van der Waals surface area contributed by atoms with E-state index >= 15 is 0 Å². The highest BCUT2D eigenvalue weighted by atomic mass is 16.6. The van der Waals surface area contributed by atoms with Crippen LogP contribution in [0.15, 0.2) is 0 Å². The van der Waals surface area contributed by atoms with Gasteiger partial charge < -0.3 is 15.0 Å². The molecule has 21 heavy (non-hydrogen) atoms. The standard InChI is InChI=1S/C17H32N2O2/c1-6-13-11-15(13)18-12(2)10-14-8-7-9-19(14)16(20)21-17(3,4)5/h12-15,18H,6-11H2,1-5H3. The van der Waals surface area contributed by atoms with Gasteiger partial charge in [0, 0.05) is 24.7 Å². The number of ether oxygens (including phenoxy) is 1. The van der Waals surface area contributed by atoms with E-state index < -0.39 is 5.60 Å². The van der Waals surface area contributed by atoms with Crippen LogP contribution in [-0.2, 0) is 4.74 Å². The van der Waals surface area contributed by atoms with Gasteiger partial charge in [0.2, 0.25) is 0 Å². The first-order valence-corrected chi connectivity index (χ1v) is 8.56. The Bertz CT molecular complexity index is 364. The summed E-state index contributed by atoms with van der Waals surface area (Å²) in [5.74, 6) is 0.873. The van der Waals surface area contributed by atoms with Gasteiger partial charge in [0.05, 0.1) is 0 Å². The zero-order valence-electron chi connectivity index (χ0n) is 14.3. The quantitative estimate of drug-likeness (QED) is 0.843. The maximum atomic E-state index is 12.3. The van der Waals surface area contributed by atoms with Crippen LogP contribution in [0.5, 0.6) is 0 Å². The fourth-order valence-corrected chi connectivity index (χ4v) is 3.39. The van der Waals surface area contributed by atoms with Gasteiger partial charge in [0.1, 0.15) is 5.60 Å². The summed E-state index contributed by atoms with van der Waals surface area (Å²) in [5.41, 5.74) is -0.406. The Kier molecular flexibility index (Phi) is 5.18. The maximum absolute atomic E-state index is 12.3. The van der Waals surface area contributed by atoms with Gasteiger partial charge in [0.25, 0.3) is 0 Å². The van der Waals surface area contributed by atoms with Crippen LogP contribution in [0, 0.1) is 5.92 Å².